The summed E-state index contributed by atoms with van der Waals surface area (Å²) in [4.78, 5) is 11.2. The molecular weight excluding hydrogens is 254 g/mol. The minimum atomic E-state index is 0.254. The molecule has 0 aliphatic heterocycles. The fourth-order valence-corrected chi connectivity index (χ4v) is 2.04. The van der Waals surface area contributed by atoms with E-state index in [4.69, 9.17) is 10.9 Å². The zero-order valence-corrected chi connectivity index (χ0v) is 13.0. The van der Waals surface area contributed by atoms with Crippen LogP contribution in [-0.4, -0.2) is 35.3 Å². The van der Waals surface area contributed by atoms with E-state index >= 15 is 0 Å². The van der Waals surface area contributed by atoms with E-state index in [-0.39, 0.29) is 12.5 Å². The summed E-state index contributed by atoms with van der Waals surface area (Å²) in [5.41, 5.74) is 3.61. The Hall–Kier alpha value is -1.40. The topological polar surface area (TPSA) is 87.3 Å². The van der Waals surface area contributed by atoms with Gasteiger partial charge in [-0.25, -0.2) is 15.8 Å². The summed E-state index contributed by atoms with van der Waals surface area (Å²) in [7, 11) is 2.03. The van der Waals surface area contributed by atoms with Gasteiger partial charge in [-0.15, -0.1) is 0 Å². The third-order valence-electron chi connectivity index (χ3n) is 3.30. The normalized spacial score (nSPS) is 10.9. The predicted octanol–water partition coefficient (Wildman–Crippen LogP) is 1.79. The first kappa shape index (κ1) is 16.7. The number of nitrogens with two attached hydrogens (primary N) is 1. The molecule has 4 N–H and O–H groups in total. The average Bonchev–Trinajstić information content (AvgIpc) is 2.43. The molecule has 1 aromatic rings. The molecule has 0 radical (unpaired) electrons. The Labute approximate surface area is 121 Å². The first-order valence-electron chi connectivity index (χ1n) is 7.18. The lowest BCUT2D eigenvalue weighted by molar-refractivity contribution is 0.283. The van der Waals surface area contributed by atoms with Crippen molar-refractivity contribution in [3.63, 3.8) is 0 Å². The summed E-state index contributed by atoms with van der Waals surface area (Å²) in [5, 5.41) is 8.80. The van der Waals surface area contributed by atoms with Gasteiger partial charge in [-0.05, 0) is 26.2 Å². The van der Waals surface area contributed by atoms with Gasteiger partial charge in [0, 0.05) is 31.7 Å². The second kappa shape index (κ2) is 8.01. The minimum absolute atomic E-state index is 0.254. The Bertz CT molecular complexity index is 422. The van der Waals surface area contributed by atoms with E-state index in [9.17, 15) is 0 Å². The van der Waals surface area contributed by atoms with Gasteiger partial charge in [0.05, 0.1) is 0 Å². The molecule has 0 fully saturated rings. The molecule has 0 saturated heterocycles. The summed E-state index contributed by atoms with van der Waals surface area (Å²) >= 11 is 0. The summed E-state index contributed by atoms with van der Waals surface area (Å²) in [6, 6.07) is 0. The molecule has 6 nitrogen and oxygen atoms in total. The van der Waals surface area contributed by atoms with Gasteiger partial charge in [-0.2, -0.15) is 0 Å². The van der Waals surface area contributed by atoms with Crippen LogP contribution in [0.3, 0.4) is 0 Å². The molecule has 0 bridgehead atoms. The highest BCUT2D eigenvalue weighted by Gasteiger charge is 2.15. The van der Waals surface area contributed by atoms with Gasteiger partial charge in [0.25, 0.3) is 0 Å². The quantitative estimate of drug-likeness (QED) is 0.382. The molecule has 0 unspecified atom stereocenters. The van der Waals surface area contributed by atoms with Gasteiger partial charge >= 0.3 is 0 Å². The lowest BCUT2D eigenvalue weighted by atomic mass is 10.2. The summed E-state index contributed by atoms with van der Waals surface area (Å²) in [5.74, 6) is 8.19. The first-order valence-corrected chi connectivity index (χ1v) is 7.18. The van der Waals surface area contributed by atoms with E-state index in [1.54, 1.807) is 0 Å². The number of nitrogens with zero attached hydrogens (tertiary/aromatic N) is 3. The van der Waals surface area contributed by atoms with Crippen molar-refractivity contribution in [1.82, 2.24) is 9.97 Å². The highest BCUT2D eigenvalue weighted by atomic mass is 16.2. The van der Waals surface area contributed by atoms with Gasteiger partial charge in [-0.1, -0.05) is 13.8 Å². The number of hydrazine groups is 1. The number of aliphatic hydroxyl groups excluding tert-OH is 1. The van der Waals surface area contributed by atoms with Crippen LogP contribution in [0.25, 0.3) is 0 Å². The SMILES string of the molecule is Cc1c(NN)nc(C(C)C)nc1N(C)CCCCCO. The van der Waals surface area contributed by atoms with Gasteiger partial charge in [0.2, 0.25) is 0 Å². The van der Waals surface area contributed by atoms with Crippen LogP contribution in [0.1, 0.15) is 50.4 Å². The molecule has 0 aliphatic carbocycles. The van der Waals surface area contributed by atoms with Crippen molar-refractivity contribution in [2.45, 2.75) is 46.0 Å². The first-order chi connectivity index (χ1) is 9.51. The lowest BCUT2D eigenvalue weighted by Gasteiger charge is -2.22. The van der Waals surface area contributed by atoms with Crippen molar-refractivity contribution < 1.29 is 5.11 Å². The van der Waals surface area contributed by atoms with Gasteiger partial charge in [0.15, 0.2) is 0 Å². The standard InChI is InChI=1S/C14H27N5O/c1-10(2)12-16-13(18-15)11(3)14(17-12)19(4)8-6-5-7-9-20/h10,20H,5-9,15H2,1-4H3,(H,16,17,18). The van der Waals surface area contributed by atoms with Crippen LogP contribution in [0, 0.1) is 6.92 Å². The van der Waals surface area contributed by atoms with Crippen LogP contribution in [0.2, 0.25) is 0 Å². The molecule has 20 heavy (non-hydrogen) atoms. The zero-order valence-electron chi connectivity index (χ0n) is 13.0. The van der Waals surface area contributed by atoms with E-state index in [1.165, 1.54) is 0 Å². The zero-order chi connectivity index (χ0) is 15.1. The van der Waals surface area contributed by atoms with E-state index in [1.807, 2.05) is 14.0 Å². The van der Waals surface area contributed by atoms with Crippen molar-refractivity contribution in [1.29, 1.82) is 0 Å². The monoisotopic (exact) mass is 281 g/mol. The van der Waals surface area contributed by atoms with Crippen molar-refractivity contribution in [2.75, 3.05) is 30.5 Å². The van der Waals surface area contributed by atoms with Gasteiger partial charge in [-0.3, -0.25) is 0 Å². The Morgan fingerprint density at radius 3 is 2.50 bits per heavy atom. The highest BCUT2D eigenvalue weighted by molar-refractivity contribution is 5.58. The number of aliphatic hydroxyl groups is 1. The number of unbranched alkanes of at least 4 members (excludes halogenated alkanes) is 2. The van der Waals surface area contributed by atoms with Crippen LogP contribution < -0.4 is 16.2 Å². The molecule has 1 rings (SSSR count). The number of rotatable bonds is 8. The summed E-state index contributed by atoms with van der Waals surface area (Å²) in [6.45, 7) is 7.26. The number of hydrogen-bond donors (Lipinski definition) is 3. The maximum absolute atomic E-state index is 8.80. The van der Waals surface area contributed by atoms with E-state index < -0.39 is 0 Å². The fourth-order valence-electron chi connectivity index (χ4n) is 2.04. The molecule has 1 heterocycles. The summed E-state index contributed by atoms with van der Waals surface area (Å²) in [6.07, 6.45) is 2.90. The number of nitrogen functional groups attached to an aromatic ring is 1. The maximum atomic E-state index is 8.80. The maximum Gasteiger partial charge on any atom is 0.148 e. The average molecular weight is 281 g/mol. The molecule has 114 valence electrons. The third kappa shape index (κ3) is 4.31. The Morgan fingerprint density at radius 1 is 1.25 bits per heavy atom. The van der Waals surface area contributed by atoms with Crippen molar-refractivity contribution >= 4 is 11.6 Å². The molecule has 0 aliphatic rings. The van der Waals surface area contributed by atoms with Crippen LogP contribution >= 0.6 is 0 Å². The number of aromatic nitrogens is 2. The molecule has 0 spiro atoms. The second-order valence-electron chi connectivity index (χ2n) is 5.38. The fraction of sp³-hybridized carbons (Fsp3) is 0.714. The molecule has 0 amide bonds. The van der Waals surface area contributed by atoms with E-state index in [0.29, 0.717) is 5.82 Å². The van der Waals surface area contributed by atoms with Crippen LogP contribution in [0.4, 0.5) is 11.6 Å². The van der Waals surface area contributed by atoms with Crippen LogP contribution in [-0.2, 0) is 0 Å². The molecule has 6 heteroatoms. The van der Waals surface area contributed by atoms with Gasteiger partial charge in [0.1, 0.15) is 17.5 Å². The van der Waals surface area contributed by atoms with Crippen molar-refractivity contribution in [2.24, 2.45) is 5.84 Å². The van der Waals surface area contributed by atoms with Gasteiger partial charge < -0.3 is 15.4 Å². The Kier molecular flexibility index (Phi) is 6.67. The molecule has 0 saturated carbocycles. The second-order valence-corrected chi connectivity index (χ2v) is 5.38. The summed E-state index contributed by atoms with van der Waals surface area (Å²) < 4.78 is 0. The lowest BCUT2D eigenvalue weighted by Crippen LogP contribution is -2.23. The van der Waals surface area contributed by atoms with Crippen molar-refractivity contribution in [3.05, 3.63) is 11.4 Å². The number of nitrogens with one attached hydrogen (secondary N) is 1. The highest BCUT2D eigenvalue weighted by Crippen LogP contribution is 2.25. The smallest absolute Gasteiger partial charge is 0.148 e. The predicted molar refractivity (Wildman–Crippen MR) is 82.9 cm³/mol. The molecule has 1 aromatic heterocycles. The van der Waals surface area contributed by atoms with Crippen molar-refractivity contribution in [3.8, 4) is 0 Å². The van der Waals surface area contributed by atoms with Crippen LogP contribution in [0.5, 0.6) is 0 Å². The van der Waals surface area contributed by atoms with E-state index in [0.717, 1.165) is 43.0 Å². The number of hydrogen-bond acceptors (Lipinski definition) is 6. The third-order valence-corrected chi connectivity index (χ3v) is 3.30. The Balaban J connectivity index is 2.88. The number of anilines is 2. The molecule has 0 atom stereocenters. The van der Waals surface area contributed by atoms with Crippen LogP contribution in [0.15, 0.2) is 0 Å². The molecular formula is C14H27N5O. The Morgan fingerprint density at radius 2 is 1.95 bits per heavy atom. The minimum Gasteiger partial charge on any atom is -0.396 e. The largest absolute Gasteiger partial charge is 0.396 e. The van der Waals surface area contributed by atoms with E-state index in [2.05, 4.69) is 34.1 Å². The molecule has 0 aromatic carbocycles.